The van der Waals surface area contributed by atoms with Crippen LogP contribution in [0, 0.1) is 0 Å². The van der Waals surface area contributed by atoms with Crippen molar-refractivity contribution in [3.63, 3.8) is 0 Å². The van der Waals surface area contributed by atoms with E-state index in [-0.39, 0.29) is 51.4 Å². The number of nitrogens with zero attached hydrogens (tertiary/aromatic N) is 4. The molecule has 0 spiro atoms. The number of carbonyl (C=O) groups is 2. The molecule has 2 aliphatic rings. The summed E-state index contributed by atoms with van der Waals surface area (Å²) in [7, 11) is 0. The molecule has 2 heterocycles. The van der Waals surface area contributed by atoms with Gasteiger partial charge in [-0.15, -0.1) is 0 Å². The van der Waals surface area contributed by atoms with Gasteiger partial charge in [0, 0.05) is 0 Å². The molecular formula is C8H6KN5O3. The second-order valence-electron chi connectivity index (χ2n) is 2.97. The van der Waals surface area contributed by atoms with Gasteiger partial charge >= 0.3 is 51.4 Å². The van der Waals surface area contributed by atoms with Crippen LogP contribution in [0.25, 0.3) is 0 Å². The van der Waals surface area contributed by atoms with Crippen LogP contribution < -0.4 is 61.8 Å². The quantitative estimate of drug-likeness (QED) is 0.508. The summed E-state index contributed by atoms with van der Waals surface area (Å²) in [6.45, 7) is -0.564. The maximum absolute atomic E-state index is 11.5. The van der Waals surface area contributed by atoms with Gasteiger partial charge < -0.3 is 15.2 Å². The first kappa shape index (κ1) is 14.3. The largest absolute Gasteiger partial charge is 1.00 e. The Kier molecular flexibility index (Phi) is 5.27. The number of amidine groups is 1. The minimum absolute atomic E-state index is 0. The summed E-state index contributed by atoms with van der Waals surface area (Å²) in [5.41, 5.74) is 0.318. The Labute approximate surface area is 138 Å². The first-order valence-electron chi connectivity index (χ1n) is 4.36. The summed E-state index contributed by atoms with van der Waals surface area (Å²) in [6.07, 6.45) is 2.46. The number of nitrogens with one attached hydrogen (secondary N) is 1. The van der Waals surface area contributed by atoms with Crippen LogP contribution in [-0.2, 0) is 9.59 Å². The zero-order valence-electron chi connectivity index (χ0n) is 8.95. The van der Waals surface area contributed by atoms with E-state index in [1.54, 1.807) is 0 Å². The fraction of sp³-hybridized carbons (Fsp3) is 0.250. The average Bonchev–Trinajstić information content (AvgIpc) is 2.73. The monoisotopic (exact) mass is 259 g/mol. The van der Waals surface area contributed by atoms with Crippen molar-refractivity contribution in [3.05, 3.63) is 0 Å². The van der Waals surface area contributed by atoms with Gasteiger partial charge in [-0.25, -0.2) is 15.0 Å². The predicted molar refractivity (Wildman–Crippen MR) is 53.7 cm³/mol. The average molecular weight is 259 g/mol. The molecule has 17 heavy (non-hydrogen) atoms. The SMILES string of the molecule is O=C([O-])CNC(=O)C1N=CN=C2N=CN=C21.[K+]. The molecule has 2 aliphatic heterocycles. The maximum Gasteiger partial charge on any atom is 1.00 e. The fourth-order valence-electron chi connectivity index (χ4n) is 1.24. The van der Waals surface area contributed by atoms with Crippen molar-refractivity contribution in [1.29, 1.82) is 0 Å². The molecule has 1 atom stereocenters. The van der Waals surface area contributed by atoms with Crippen LogP contribution in [0.3, 0.4) is 0 Å². The van der Waals surface area contributed by atoms with E-state index in [1.165, 1.54) is 12.7 Å². The number of rotatable bonds is 3. The minimum Gasteiger partial charge on any atom is -0.548 e. The van der Waals surface area contributed by atoms with Crippen molar-refractivity contribution in [2.24, 2.45) is 20.0 Å². The fourth-order valence-corrected chi connectivity index (χ4v) is 1.24. The van der Waals surface area contributed by atoms with Crippen LogP contribution in [0.4, 0.5) is 0 Å². The van der Waals surface area contributed by atoms with Gasteiger partial charge in [-0.1, -0.05) is 0 Å². The summed E-state index contributed by atoms with van der Waals surface area (Å²) in [4.78, 5) is 37.0. The van der Waals surface area contributed by atoms with E-state index in [1.807, 2.05) is 0 Å². The van der Waals surface area contributed by atoms with Gasteiger partial charge in [-0.05, 0) is 0 Å². The van der Waals surface area contributed by atoms with Crippen LogP contribution >= 0.6 is 0 Å². The summed E-state index contributed by atoms with van der Waals surface area (Å²) < 4.78 is 0. The van der Waals surface area contributed by atoms with Crippen LogP contribution in [0.1, 0.15) is 0 Å². The molecule has 1 amide bonds. The third kappa shape index (κ3) is 3.36. The van der Waals surface area contributed by atoms with Crippen molar-refractivity contribution in [2.45, 2.75) is 6.04 Å². The van der Waals surface area contributed by atoms with Gasteiger partial charge in [-0.2, -0.15) is 0 Å². The molecule has 0 fully saturated rings. The Bertz CT molecular complexity index is 468. The van der Waals surface area contributed by atoms with E-state index in [4.69, 9.17) is 0 Å². The van der Waals surface area contributed by atoms with Gasteiger partial charge in [0.1, 0.15) is 18.4 Å². The molecule has 0 aromatic rings. The third-order valence-electron chi connectivity index (χ3n) is 1.92. The predicted octanol–water partition coefficient (Wildman–Crippen LogP) is -5.85. The Morgan fingerprint density at radius 2 is 2.12 bits per heavy atom. The molecule has 0 aromatic heterocycles. The molecular weight excluding hydrogens is 253 g/mol. The Hall–Kier alpha value is -0.744. The second kappa shape index (κ2) is 6.26. The molecule has 0 saturated carbocycles. The Balaban J connectivity index is 0.00000144. The van der Waals surface area contributed by atoms with Crippen LogP contribution in [-0.4, -0.2) is 48.7 Å². The number of carboxylic acid groups (broad SMARTS) is 1. The van der Waals surface area contributed by atoms with E-state index < -0.39 is 24.5 Å². The molecule has 8 nitrogen and oxygen atoms in total. The zero-order chi connectivity index (χ0) is 11.5. The van der Waals surface area contributed by atoms with Gasteiger partial charge in [0.15, 0.2) is 11.9 Å². The van der Waals surface area contributed by atoms with E-state index in [0.717, 1.165) is 0 Å². The van der Waals surface area contributed by atoms with E-state index >= 15 is 0 Å². The molecule has 2 rings (SSSR count). The van der Waals surface area contributed by atoms with Crippen LogP contribution in [0.5, 0.6) is 0 Å². The molecule has 9 heteroatoms. The van der Waals surface area contributed by atoms with Gasteiger partial charge in [0.05, 0.1) is 12.5 Å². The van der Waals surface area contributed by atoms with E-state index in [9.17, 15) is 14.7 Å². The number of carboxylic acids is 1. The number of hydrogen-bond acceptors (Lipinski definition) is 7. The number of aliphatic carboxylic acids is 1. The summed E-state index contributed by atoms with van der Waals surface area (Å²) >= 11 is 0. The number of hydrogen-bond donors (Lipinski definition) is 1. The van der Waals surface area contributed by atoms with E-state index in [0.29, 0.717) is 11.5 Å². The molecule has 1 N–H and O–H groups in total. The van der Waals surface area contributed by atoms with Gasteiger partial charge in [0.25, 0.3) is 5.91 Å². The molecule has 0 radical (unpaired) electrons. The number of aliphatic imine (C=N–C) groups is 4. The minimum atomic E-state index is -1.37. The number of carbonyl (C=O) groups excluding carboxylic acids is 2. The standard InChI is InChI=1S/C8H7N5O3.K/c14-4(15)1-9-8(16)6-5-7(12-2-10-5)13-3-11-6;/h2-3,6H,1H2,(H,9,16)(H,14,15);/q;+1/p-1. The molecule has 1 unspecified atom stereocenters. The number of fused-ring (bicyclic) bond motifs is 1. The topological polar surface area (TPSA) is 119 Å². The molecule has 82 valence electrons. The van der Waals surface area contributed by atoms with Crippen molar-refractivity contribution < 1.29 is 66.1 Å². The summed E-state index contributed by atoms with van der Waals surface area (Å²) in [5, 5.41) is 12.3. The zero-order valence-corrected chi connectivity index (χ0v) is 12.1. The first-order chi connectivity index (χ1) is 7.68. The third-order valence-corrected chi connectivity index (χ3v) is 1.92. The van der Waals surface area contributed by atoms with Crippen LogP contribution in [0.15, 0.2) is 20.0 Å². The normalized spacial score (nSPS) is 19.9. The molecule has 0 aromatic carbocycles. The number of amides is 1. The molecule has 0 bridgehead atoms. The summed E-state index contributed by atoms with van der Waals surface area (Å²) in [5.74, 6) is -1.62. The van der Waals surface area contributed by atoms with E-state index in [2.05, 4.69) is 25.3 Å². The molecule has 0 saturated heterocycles. The smallest absolute Gasteiger partial charge is 0.548 e. The Morgan fingerprint density at radius 3 is 2.82 bits per heavy atom. The summed E-state index contributed by atoms with van der Waals surface area (Å²) in [6, 6.07) is -0.894. The van der Waals surface area contributed by atoms with Crippen molar-refractivity contribution in [3.8, 4) is 0 Å². The maximum atomic E-state index is 11.5. The Morgan fingerprint density at radius 1 is 1.35 bits per heavy atom. The first-order valence-corrected chi connectivity index (χ1v) is 4.36. The van der Waals surface area contributed by atoms with Gasteiger partial charge in [-0.3, -0.25) is 9.79 Å². The van der Waals surface area contributed by atoms with Crippen LogP contribution in [0.2, 0.25) is 0 Å². The van der Waals surface area contributed by atoms with Crippen molar-refractivity contribution >= 4 is 36.1 Å². The molecule has 0 aliphatic carbocycles. The van der Waals surface area contributed by atoms with Gasteiger partial charge in [0.2, 0.25) is 0 Å². The second-order valence-corrected chi connectivity index (χ2v) is 2.97. The van der Waals surface area contributed by atoms with Crippen molar-refractivity contribution in [1.82, 2.24) is 5.32 Å². The van der Waals surface area contributed by atoms with Crippen molar-refractivity contribution in [2.75, 3.05) is 6.54 Å².